The fourth-order valence-corrected chi connectivity index (χ4v) is 2.81. The maximum Gasteiger partial charge on any atom is 0.329 e. The zero-order valence-corrected chi connectivity index (χ0v) is 15.6. The summed E-state index contributed by atoms with van der Waals surface area (Å²) in [5.74, 6) is -1.94. The second-order valence-electron chi connectivity index (χ2n) is 6.30. The summed E-state index contributed by atoms with van der Waals surface area (Å²) in [6.45, 7) is 1.61. The Morgan fingerprint density at radius 2 is 2.07 bits per heavy atom. The molecule has 1 amide bonds. The normalized spacial score (nSPS) is 12.9. The lowest BCUT2D eigenvalue weighted by Gasteiger charge is -2.21. The third kappa shape index (κ3) is 5.98. The molecule has 1 heterocycles. The first kappa shape index (κ1) is 21.2. The van der Waals surface area contributed by atoms with E-state index in [9.17, 15) is 24.9 Å². The van der Waals surface area contributed by atoms with E-state index in [-0.39, 0.29) is 44.0 Å². The number of amides is 1. The van der Waals surface area contributed by atoms with Gasteiger partial charge in [-0.3, -0.25) is 4.79 Å². The quantitative estimate of drug-likeness (QED) is 0.374. The van der Waals surface area contributed by atoms with Crippen molar-refractivity contribution in [2.24, 2.45) is 5.92 Å². The molecule has 1 aromatic carbocycles. The molecule has 28 heavy (non-hydrogen) atoms. The number of phenolic OH excluding ortho intramolecular Hbond substituents is 2. The summed E-state index contributed by atoms with van der Waals surface area (Å²) in [4.78, 5) is 31.9. The Kier molecular flexibility index (Phi) is 7.82. The molecule has 0 saturated heterocycles. The van der Waals surface area contributed by atoms with Gasteiger partial charge in [0.25, 0.3) is 0 Å². The molecule has 2 rings (SSSR count). The van der Waals surface area contributed by atoms with Crippen LogP contribution in [0.25, 0.3) is 0 Å². The van der Waals surface area contributed by atoms with E-state index in [1.54, 1.807) is 13.1 Å². The van der Waals surface area contributed by atoms with E-state index in [1.807, 2.05) is 0 Å². The molecule has 2 aromatic rings. The van der Waals surface area contributed by atoms with Crippen LogP contribution in [0.1, 0.15) is 24.6 Å². The molecule has 2 unspecified atom stereocenters. The van der Waals surface area contributed by atoms with Gasteiger partial charge >= 0.3 is 5.97 Å². The number of carbonyl (C=O) groups is 2. The Labute approximate surface area is 162 Å². The van der Waals surface area contributed by atoms with Gasteiger partial charge in [-0.1, -0.05) is 6.07 Å². The Balaban J connectivity index is 2.13. The van der Waals surface area contributed by atoms with Gasteiger partial charge in [-0.2, -0.15) is 0 Å². The van der Waals surface area contributed by atoms with Crippen molar-refractivity contribution in [3.63, 3.8) is 0 Å². The Hall–Kier alpha value is -3.07. The lowest BCUT2D eigenvalue weighted by molar-refractivity contribution is -0.147. The number of nitrogens with zero attached hydrogens (tertiary/aromatic N) is 1. The van der Waals surface area contributed by atoms with Crippen molar-refractivity contribution in [3.8, 4) is 11.5 Å². The molecule has 0 aliphatic carbocycles. The number of rotatable bonds is 10. The van der Waals surface area contributed by atoms with Crippen LogP contribution >= 0.6 is 0 Å². The number of aromatic nitrogens is 2. The summed E-state index contributed by atoms with van der Waals surface area (Å²) in [6.07, 6.45) is 3.53. The molecule has 9 heteroatoms. The SMILES string of the molecule is CCOC(=O)C(Cc1c[nH]cn1)NC(=O)C(CCO)Cc1ccc(O)cc1O. The Morgan fingerprint density at radius 1 is 1.29 bits per heavy atom. The molecule has 5 N–H and O–H groups in total. The number of hydrogen-bond donors (Lipinski definition) is 5. The summed E-state index contributed by atoms with van der Waals surface area (Å²) >= 11 is 0. The van der Waals surface area contributed by atoms with Crippen molar-refractivity contribution in [1.82, 2.24) is 15.3 Å². The molecule has 0 bridgehead atoms. The molecule has 0 fully saturated rings. The summed E-state index contributed by atoms with van der Waals surface area (Å²) in [5.41, 5.74) is 1.04. The van der Waals surface area contributed by atoms with Gasteiger partial charge in [0.2, 0.25) is 5.91 Å². The van der Waals surface area contributed by atoms with Crippen LogP contribution in [-0.4, -0.2) is 56.4 Å². The third-order valence-electron chi connectivity index (χ3n) is 4.24. The average molecular weight is 391 g/mol. The third-order valence-corrected chi connectivity index (χ3v) is 4.24. The number of H-pyrrole nitrogens is 1. The molecule has 1 aromatic heterocycles. The van der Waals surface area contributed by atoms with Crippen molar-refractivity contribution in [3.05, 3.63) is 42.0 Å². The lowest BCUT2D eigenvalue weighted by Crippen LogP contribution is -2.46. The van der Waals surface area contributed by atoms with Gasteiger partial charge in [0.1, 0.15) is 17.5 Å². The number of aromatic hydroxyl groups is 2. The minimum absolute atomic E-state index is 0.0919. The van der Waals surface area contributed by atoms with Crippen LogP contribution in [0.5, 0.6) is 11.5 Å². The minimum atomic E-state index is -0.926. The highest BCUT2D eigenvalue weighted by Crippen LogP contribution is 2.26. The van der Waals surface area contributed by atoms with Crippen molar-refractivity contribution in [2.75, 3.05) is 13.2 Å². The lowest BCUT2D eigenvalue weighted by atomic mass is 9.94. The molecule has 9 nitrogen and oxygen atoms in total. The average Bonchev–Trinajstić information content (AvgIpc) is 3.16. The van der Waals surface area contributed by atoms with E-state index in [4.69, 9.17) is 4.74 Å². The molecular weight excluding hydrogens is 366 g/mol. The number of nitrogens with one attached hydrogen (secondary N) is 2. The molecule has 0 spiro atoms. The highest BCUT2D eigenvalue weighted by molar-refractivity contribution is 5.86. The fourth-order valence-electron chi connectivity index (χ4n) is 2.81. The fraction of sp³-hybridized carbons (Fsp3) is 0.421. The van der Waals surface area contributed by atoms with Crippen molar-refractivity contribution >= 4 is 11.9 Å². The largest absolute Gasteiger partial charge is 0.508 e. The second-order valence-corrected chi connectivity index (χ2v) is 6.30. The molecule has 0 aliphatic rings. The molecule has 2 atom stereocenters. The first-order valence-electron chi connectivity index (χ1n) is 9.01. The summed E-state index contributed by atoms with van der Waals surface area (Å²) in [5, 5.41) is 31.3. The van der Waals surface area contributed by atoms with Crippen LogP contribution in [0.2, 0.25) is 0 Å². The first-order valence-corrected chi connectivity index (χ1v) is 9.01. The van der Waals surface area contributed by atoms with Crippen LogP contribution in [0, 0.1) is 5.92 Å². The van der Waals surface area contributed by atoms with Gasteiger partial charge in [-0.25, -0.2) is 9.78 Å². The predicted octanol–water partition coefficient (Wildman–Crippen LogP) is 0.653. The first-order chi connectivity index (χ1) is 13.4. The van der Waals surface area contributed by atoms with E-state index >= 15 is 0 Å². The molecule has 152 valence electrons. The smallest absolute Gasteiger partial charge is 0.329 e. The number of aliphatic hydroxyl groups excluding tert-OH is 1. The van der Waals surface area contributed by atoms with Crippen LogP contribution in [-0.2, 0) is 27.2 Å². The highest BCUT2D eigenvalue weighted by Gasteiger charge is 2.27. The molecular formula is C19H25N3O6. The number of hydrogen-bond acceptors (Lipinski definition) is 7. The molecule has 0 radical (unpaired) electrons. The number of aliphatic hydroxyl groups is 1. The molecule has 0 aliphatic heterocycles. The number of imidazole rings is 1. The highest BCUT2D eigenvalue weighted by atomic mass is 16.5. The summed E-state index contributed by atoms with van der Waals surface area (Å²) < 4.78 is 5.04. The minimum Gasteiger partial charge on any atom is -0.508 e. The van der Waals surface area contributed by atoms with Gasteiger partial charge in [0.05, 0.1) is 18.6 Å². The topological polar surface area (TPSA) is 145 Å². The zero-order chi connectivity index (χ0) is 20.5. The van der Waals surface area contributed by atoms with Gasteiger partial charge < -0.3 is 30.4 Å². The van der Waals surface area contributed by atoms with Crippen molar-refractivity contribution in [2.45, 2.75) is 32.2 Å². The van der Waals surface area contributed by atoms with Crippen LogP contribution in [0.3, 0.4) is 0 Å². The van der Waals surface area contributed by atoms with Crippen LogP contribution in [0.15, 0.2) is 30.7 Å². The van der Waals surface area contributed by atoms with Crippen molar-refractivity contribution < 1.29 is 29.6 Å². The van der Waals surface area contributed by atoms with E-state index in [0.717, 1.165) is 0 Å². The van der Waals surface area contributed by atoms with Crippen molar-refractivity contribution in [1.29, 1.82) is 0 Å². The number of carbonyl (C=O) groups excluding carboxylic acids is 2. The van der Waals surface area contributed by atoms with Gasteiger partial charge in [0.15, 0.2) is 0 Å². The van der Waals surface area contributed by atoms with E-state index in [2.05, 4.69) is 15.3 Å². The van der Waals surface area contributed by atoms with Gasteiger partial charge in [-0.05, 0) is 31.4 Å². The van der Waals surface area contributed by atoms with E-state index < -0.39 is 23.8 Å². The summed E-state index contributed by atoms with van der Waals surface area (Å²) in [7, 11) is 0. The maximum absolute atomic E-state index is 12.8. The van der Waals surface area contributed by atoms with Crippen LogP contribution in [0.4, 0.5) is 0 Å². The number of aromatic amines is 1. The van der Waals surface area contributed by atoms with E-state index in [0.29, 0.717) is 11.3 Å². The van der Waals surface area contributed by atoms with Gasteiger partial charge in [-0.15, -0.1) is 0 Å². The monoisotopic (exact) mass is 391 g/mol. The Morgan fingerprint density at radius 3 is 2.68 bits per heavy atom. The number of phenols is 2. The van der Waals surface area contributed by atoms with Crippen LogP contribution < -0.4 is 5.32 Å². The van der Waals surface area contributed by atoms with Gasteiger partial charge in [0, 0.05) is 31.2 Å². The summed E-state index contributed by atoms with van der Waals surface area (Å²) in [6, 6.07) is 3.17. The maximum atomic E-state index is 12.8. The zero-order valence-electron chi connectivity index (χ0n) is 15.6. The number of ether oxygens (including phenoxy) is 1. The van der Waals surface area contributed by atoms with E-state index in [1.165, 1.54) is 24.5 Å². The molecule has 0 saturated carbocycles. The number of benzene rings is 1. The predicted molar refractivity (Wildman–Crippen MR) is 99.5 cm³/mol. The number of esters is 1. The Bertz CT molecular complexity index is 778. The standard InChI is InChI=1S/C19H25N3O6/c1-2-28-19(27)16(8-14-10-20-11-21-14)22-18(26)13(5-6-23)7-12-3-4-15(24)9-17(12)25/h3-4,9-11,13,16,23-25H,2,5-8H2,1H3,(H,20,21)(H,22,26). The second kappa shape index (κ2) is 10.3.